The molecule has 2 aromatic heterocycles. The second-order valence-electron chi connectivity index (χ2n) is 6.53. The second kappa shape index (κ2) is 6.26. The summed E-state index contributed by atoms with van der Waals surface area (Å²) in [6, 6.07) is 2.39. The van der Waals surface area contributed by atoms with Crippen LogP contribution in [0, 0.1) is 17.2 Å². The third kappa shape index (κ3) is 2.71. The van der Waals surface area contributed by atoms with Gasteiger partial charge in [-0.05, 0) is 12.8 Å². The fourth-order valence-electron chi connectivity index (χ4n) is 3.34. The first-order valence-electron chi connectivity index (χ1n) is 8.49. The standard InChI is InChI=1S/C18H18N6O2/c1-26-18-21-7-11(8-22-18)15-12(6-19)16(20)23-14-4-5-24(9-13(14)15)17(25)10-2-3-10/h7-8,10H,2-5,9H2,1H3,(H2,20,23). The zero-order chi connectivity index (χ0) is 18.3. The zero-order valence-corrected chi connectivity index (χ0v) is 14.4. The number of anilines is 1. The van der Waals surface area contributed by atoms with Crippen LogP contribution in [0.3, 0.4) is 0 Å². The molecule has 0 bridgehead atoms. The van der Waals surface area contributed by atoms with Crippen molar-refractivity contribution in [3.05, 3.63) is 29.2 Å². The number of fused-ring (bicyclic) bond motifs is 1. The number of amides is 1. The molecule has 0 radical (unpaired) electrons. The maximum atomic E-state index is 12.5. The number of nitriles is 1. The fraction of sp³-hybridized carbons (Fsp3) is 0.389. The Morgan fingerprint density at radius 2 is 2.12 bits per heavy atom. The Balaban J connectivity index is 1.82. The summed E-state index contributed by atoms with van der Waals surface area (Å²) in [6.07, 6.45) is 5.75. The van der Waals surface area contributed by atoms with Gasteiger partial charge in [-0.1, -0.05) is 0 Å². The molecule has 2 aliphatic rings. The number of ether oxygens (including phenoxy) is 1. The Kier molecular flexibility index (Phi) is 3.92. The number of hydrogen-bond donors (Lipinski definition) is 1. The highest BCUT2D eigenvalue weighted by Gasteiger charge is 2.36. The van der Waals surface area contributed by atoms with E-state index < -0.39 is 0 Å². The van der Waals surface area contributed by atoms with Crippen molar-refractivity contribution in [2.24, 2.45) is 5.92 Å². The molecule has 2 N–H and O–H groups in total. The molecule has 0 aromatic carbocycles. The summed E-state index contributed by atoms with van der Waals surface area (Å²) < 4.78 is 5.00. The largest absolute Gasteiger partial charge is 0.467 e. The molecular formula is C18H18N6O2. The first-order valence-corrected chi connectivity index (χ1v) is 8.49. The number of carbonyl (C=O) groups is 1. The van der Waals surface area contributed by atoms with Gasteiger partial charge in [0.2, 0.25) is 5.91 Å². The van der Waals surface area contributed by atoms with Gasteiger partial charge in [-0.3, -0.25) is 4.79 Å². The van der Waals surface area contributed by atoms with Gasteiger partial charge < -0.3 is 15.4 Å². The molecule has 1 amide bonds. The predicted molar refractivity (Wildman–Crippen MR) is 92.8 cm³/mol. The Morgan fingerprint density at radius 3 is 2.73 bits per heavy atom. The highest BCUT2D eigenvalue weighted by Crippen LogP contribution is 2.37. The lowest BCUT2D eigenvalue weighted by atomic mass is 9.92. The van der Waals surface area contributed by atoms with Crippen LogP contribution in [0.15, 0.2) is 12.4 Å². The number of rotatable bonds is 3. The minimum atomic E-state index is 0.154. The van der Waals surface area contributed by atoms with E-state index in [1.807, 2.05) is 4.90 Å². The molecule has 1 aliphatic carbocycles. The molecular weight excluding hydrogens is 332 g/mol. The predicted octanol–water partition coefficient (Wildman–Crippen LogP) is 1.30. The number of hydrogen-bond acceptors (Lipinski definition) is 7. The molecule has 0 spiro atoms. The van der Waals surface area contributed by atoms with Crippen molar-refractivity contribution in [1.82, 2.24) is 19.9 Å². The van der Waals surface area contributed by atoms with Crippen LogP contribution in [0.2, 0.25) is 0 Å². The summed E-state index contributed by atoms with van der Waals surface area (Å²) in [7, 11) is 1.49. The van der Waals surface area contributed by atoms with Crippen LogP contribution in [0.25, 0.3) is 11.1 Å². The Bertz CT molecular complexity index is 915. The van der Waals surface area contributed by atoms with Crippen molar-refractivity contribution in [3.63, 3.8) is 0 Å². The summed E-state index contributed by atoms with van der Waals surface area (Å²) in [4.78, 5) is 27.0. The number of methoxy groups -OCH3 is 1. The molecule has 1 saturated carbocycles. The number of aromatic nitrogens is 3. The van der Waals surface area contributed by atoms with Gasteiger partial charge in [0.1, 0.15) is 17.5 Å². The van der Waals surface area contributed by atoms with E-state index in [0.717, 1.165) is 24.1 Å². The maximum Gasteiger partial charge on any atom is 0.316 e. The van der Waals surface area contributed by atoms with Crippen molar-refractivity contribution in [1.29, 1.82) is 5.26 Å². The molecule has 2 aromatic rings. The first-order chi connectivity index (χ1) is 12.6. The van der Waals surface area contributed by atoms with Gasteiger partial charge in [-0.25, -0.2) is 15.0 Å². The van der Waals surface area contributed by atoms with Crippen molar-refractivity contribution in [3.8, 4) is 23.2 Å². The van der Waals surface area contributed by atoms with Crippen LogP contribution >= 0.6 is 0 Å². The lowest BCUT2D eigenvalue weighted by Crippen LogP contribution is -2.37. The maximum absolute atomic E-state index is 12.5. The van der Waals surface area contributed by atoms with E-state index >= 15 is 0 Å². The van der Waals surface area contributed by atoms with E-state index in [9.17, 15) is 10.1 Å². The lowest BCUT2D eigenvalue weighted by Gasteiger charge is -2.30. The molecule has 132 valence electrons. The molecule has 8 heteroatoms. The normalized spacial score (nSPS) is 15.9. The smallest absolute Gasteiger partial charge is 0.316 e. The highest BCUT2D eigenvalue weighted by atomic mass is 16.5. The number of pyridine rings is 1. The summed E-state index contributed by atoms with van der Waals surface area (Å²) in [6.45, 7) is 1.05. The molecule has 1 fully saturated rings. The SMILES string of the molecule is COc1ncc(-c2c(C#N)c(N)nc3c2CN(C(=O)C2CC2)CC3)cn1. The average Bonchev–Trinajstić information content (AvgIpc) is 3.51. The summed E-state index contributed by atoms with van der Waals surface area (Å²) >= 11 is 0. The van der Waals surface area contributed by atoms with Crippen LogP contribution in [-0.4, -0.2) is 39.4 Å². The van der Waals surface area contributed by atoms with Crippen molar-refractivity contribution in [2.75, 3.05) is 19.4 Å². The molecule has 8 nitrogen and oxygen atoms in total. The lowest BCUT2D eigenvalue weighted by molar-refractivity contribution is -0.133. The number of nitrogens with zero attached hydrogens (tertiary/aromatic N) is 5. The Hall–Kier alpha value is -3.21. The minimum absolute atomic E-state index is 0.154. The molecule has 26 heavy (non-hydrogen) atoms. The van der Waals surface area contributed by atoms with E-state index in [-0.39, 0.29) is 23.7 Å². The van der Waals surface area contributed by atoms with Crippen molar-refractivity contribution < 1.29 is 9.53 Å². The fourth-order valence-corrected chi connectivity index (χ4v) is 3.34. The first kappa shape index (κ1) is 16.3. The monoisotopic (exact) mass is 350 g/mol. The van der Waals surface area contributed by atoms with Crippen molar-refractivity contribution >= 4 is 11.7 Å². The van der Waals surface area contributed by atoms with Crippen LogP contribution in [0.5, 0.6) is 6.01 Å². The quantitative estimate of drug-likeness (QED) is 0.886. The van der Waals surface area contributed by atoms with Gasteiger partial charge in [0.05, 0.1) is 12.8 Å². The van der Waals surface area contributed by atoms with E-state index in [4.69, 9.17) is 10.5 Å². The van der Waals surface area contributed by atoms with Crippen LogP contribution in [-0.2, 0) is 17.8 Å². The Labute approximate surface area is 150 Å². The number of nitrogen functional groups attached to an aromatic ring is 1. The molecule has 0 unspecified atom stereocenters. The number of nitrogens with two attached hydrogens (primary N) is 1. The van der Waals surface area contributed by atoms with Gasteiger partial charge in [-0.15, -0.1) is 0 Å². The third-order valence-electron chi connectivity index (χ3n) is 4.83. The summed E-state index contributed by atoms with van der Waals surface area (Å²) in [5.74, 6) is 0.531. The minimum Gasteiger partial charge on any atom is -0.467 e. The molecule has 0 saturated heterocycles. The van der Waals surface area contributed by atoms with E-state index in [1.165, 1.54) is 7.11 Å². The van der Waals surface area contributed by atoms with Crippen molar-refractivity contribution in [2.45, 2.75) is 25.8 Å². The molecule has 0 atom stereocenters. The average molecular weight is 350 g/mol. The summed E-state index contributed by atoms with van der Waals surface area (Å²) in [5.41, 5.74) is 9.31. The molecule has 4 rings (SSSR count). The third-order valence-corrected chi connectivity index (χ3v) is 4.83. The second-order valence-corrected chi connectivity index (χ2v) is 6.53. The van der Waals surface area contributed by atoms with Gasteiger partial charge in [-0.2, -0.15) is 5.26 Å². The molecule has 3 heterocycles. The van der Waals surface area contributed by atoms with Gasteiger partial charge in [0.25, 0.3) is 0 Å². The van der Waals surface area contributed by atoms with Crippen LogP contribution in [0.1, 0.15) is 29.7 Å². The van der Waals surface area contributed by atoms with E-state index in [2.05, 4.69) is 21.0 Å². The highest BCUT2D eigenvalue weighted by molar-refractivity contribution is 5.83. The van der Waals surface area contributed by atoms with Gasteiger partial charge in [0.15, 0.2) is 0 Å². The van der Waals surface area contributed by atoms with Crippen LogP contribution < -0.4 is 10.5 Å². The van der Waals surface area contributed by atoms with Crippen LogP contribution in [0.4, 0.5) is 5.82 Å². The zero-order valence-electron chi connectivity index (χ0n) is 14.4. The summed E-state index contributed by atoms with van der Waals surface area (Å²) in [5, 5.41) is 9.62. The van der Waals surface area contributed by atoms with Gasteiger partial charge >= 0.3 is 6.01 Å². The van der Waals surface area contributed by atoms with Gasteiger partial charge in [0, 0.05) is 54.5 Å². The topological polar surface area (TPSA) is 118 Å². The Morgan fingerprint density at radius 1 is 1.38 bits per heavy atom. The van der Waals surface area contributed by atoms with E-state index in [0.29, 0.717) is 36.2 Å². The molecule has 1 aliphatic heterocycles. The van der Waals surface area contributed by atoms with E-state index in [1.54, 1.807) is 12.4 Å². The number of carbonyl (C=O) groups excluding carboxylic acids is 1.